The Bertz CT molecular complexity index is 234. The second kappa shape index (κ2) is 16.3. The Balaban J connectivity index is 3.25. The van der Waals surface area contributed by atoms with Crippen molar-refractivity contribution in [1.82, 2.24) is 0 Å². The largest absolute Gasteiger partial charge is 0.461 e. The Morgan fingerprint density at radius 2 is 1.40 bits per heavy atom. The standard InChI is InChI=1S/C18H34O2/c1-3-5-7-9-11-13-15-17-20-18(19)16-14-12-10-8-6-4-2/h13,15H,3-12,14,16-17H2,1-2H3/b15-13+. The fourth-order valence-electron chi connectivity index (χ4n) is 2.14. The van der Waals surface area contributed by atoms with Gasteiger partial charge in [-0.3, -0.25) is 4.79 Å². The van der Waals surface area contributed by atoms with Crippen molar-refractivity contribution in [1.29, 1.82) is 0 Å². The summed E-state index contributed by atoms with van der Waals surface area (Å²) < 4.78 is 5.17. The fraction of sp³-hybridized carbons (Fsp3) is 0.833. The molecule has 0 aliphatic rings. The molecule has 0 aromatic carbocycles. The summed E-state index contributed by atoms with van der Waals surface area (Å²) in [4.78, 5) is 11.4. The maximum absolute atomic E-state index is 11.4. The van der Waals surface area contributed by atoms with Gasteiger partial charge in [0.05, 0.1) is 0 Å². The van der Waals surface area contributed by atoms with Crippen LogP contribution in [0, 0.1) is 0 Å². The average Bonchev–Trinajstić information content (AvgIpc) is 2.45. The SMILES string of the molecule is CCCCCC/C=C/COC(=O)CCCCCCCC. The predicted octanol–water partition coefficient (Wildman–Crippen LogP) is 5.81. The first-order valence-corrected chi connectivity index (χ1v) is 8.61. The van der Waals surface area contributed by atoms with Crippen molar-refractivity contribution in [3.63, 3.8) is 0 Å². The predicted molar refractivity (Wildman–Crippen MR) is 86.9 cm³/mol. The lowest BCUT2D eigenvalue weighted by Crippen LogP contribution is -2.03. The zero-order valence-corrected chi connectivity index (χ0v) is 13.7. The summed E-state index contributed by atoms with van der Waals surface area (Å²) in [6.45, 7) is 4.89. The molecule has 0 aliphatic heterocycles. The van der Waals surface area contributed by atoms with Gasteiger partial charge in [-0.05, 0) is 19.3 Å². The van der Waals surface area contributed by atoms with Crippen molar-refractivity contribution in [2.24, 2.45) is 0 Å². The van der Waals surface area contributed by atoms with Gasteiger partial charge in [-0.1, -0.05) is 77.4 Å². The molecule has 0 N–H and O–H groups in total. The Kier molecular flexibility index (Phi) is 15.6. The minimum Gasteiger partial charge on any atom is -0.461 e. The molecule has 0 saturated carbocycles. The third kappa shape index (κ3) is 15.3. The molecule has 0 aliphatic carbocycles. The number of allylic oxidation sites excluding steroid dienone is 1. The average molecular weight is 282 g/mol. The van der Waals surface area contributed by atoms with Crippen LogP contribution in [0.4, 0.5) is 0 Å². The van der Waals surface area contributed by atoms with Crippen LogP contribution in [-0.4, -0.2) is 12.6 Å². The molecule has 2 nitrogen and oxygen atoms in total. The summed E-state index contributed by atoms with van der Waals surface area (Å²) >= 11 is 0. The van der Waals surface area contributed by atoms with E-state index in [1.807, 2.05) is 6.08 Å². The van der Waals surface area contributed by atoms with Crippen LogP contribution in [0.1, 0.15) is 90.9 Å². The molecule has 118 valence electrons. The topological polar surface area (TPSA) is 26.3 Å². The van der Waals surface area contributed by atoms with Gasteiger partial charge in [0.15, 0.2) is 0 Å². The Morgan fingerprint density at radius 1 is 0.800 bits per heavy atom. The molecule has 0 aromatic heterocycles. The number of hydrogen-bond acceptors (Lipinski definition) is 2. The molecule has 0 atom stereocenters. The Morgan fingerprint density at radius 3 is 2.10 bits per heavy atom. The minimum absolute atomic E-state index is 0.0453. The Labute approximate surface area is 126 Å². The van der Waals surface area contributed by atoms with E-state index in [-0.39, 0.29) is 5.97 Å². The van der Waals surface area contributed by atoms with E-state index < -0.39 is 0 Å². The molecule has 2 heteroatoms. The van der Waals surface area contributed by atoms with Crippen LogP contribution < -0.4 is 0 Å². The highest BCUT2D eigenvalue weighted by molar-refractivity contribution is 5.69. The van der Waals surface area contributed by atoms with Crippen LogP contribution >= 0.6 is 0 Å². The molecule has 0 aromatic rings. The maximum atomic E-state index is 11.4. The van der Waals surface area contributed by atoms with Gasteiger partial charge in [0.2, 0.25) is 0 Å². The zero-order chi connectivity index (χ0) is 14.9. The molecular weight excluding hydrogens is 248 g/mol. The van der Waals surface area contributed by atoms with E-state index in [1.165, 1.54) is 51.4 Å². The van der Waals surface area contributed by atoms with Crippen LogP contribution in [0.2, 0.25) is 0 Å². The summed E-state index contributed by atoms with van der Waals surface area (Å²) in [5, 5.41) is 0. The van der Waals surface area contributed by atoms with Crippen LogP contribution in [0.3, 0.4) is 0 Å². The first kappa shape index (κ1) is 19.2. The number of carbonyl (C=O) groups excluding carboxylic acids is 1. The Hall–Kier alpha value is -0.790. The third-order valence-electron chi connectivity index (χ3n) is 3.47. The second-order valence-electron chi connectivity index (χ2n) is 5.52. The highest BCUT2D eigenvalue weighted by atomic mass is 16.5. The third-order valence-corrected chi connectivity index (χ3v) is 3.47. The van der Waals surface area contributed by atoms with Crippen LogP contribution in [0.5, 0.6) is 0 Å². The lowest BCUT2D eigenvalue weighted by molar-refractivity contribution is -0.142. The van der Waals surface area contributed by atoms with E-state index >= 15 is 0 Å². The maximum Gasteiger partial charge on any atom is 0.306 e. The normalized spacial score (nSPS) is 11.1. The summed E-state index contributed by atoms with van der Waals surface area (Å²) in [6, 6.07) is 0. The van der Waals surface area contributed by atoms with E-state index in [2.05, 4.69) is 19.9 Å². The molecule has 0 saturated heterocycles. The number of unbranched alkanes of at least 4 members (excludes halogenated alkanes) is 9. The smallest absolute Gasteiger partial charge is 0.306 e. The lowest BCUT2D eigenvalue weighted by atomic mass is 10.1. The first-order valence-electron chi connectivity index (χ1n) is 8.61. The van der Waals surface area contributed by atoms with Crippen molar-refractivity contribution < 1.29 is 9.53 Å². The highest BCUT2D eigenvalue weighted by Gasteiger charge is 2.00. The van der Waals surface area contributed by atoms with Gasteiger partial charge in [-0.15, -0.1) is 0 Å². The zero-order valence-electron chi connectivity index (χ0n) is 13.7. The van der Waals surface area contributed by atoms with Crippen molar-refractivity contribution in [2.45, 2.75) is 90.9 Å². The van der Waals surface area contributed by atoms with Crippen LogP contribution in [0.25, 0.3) is 0 Å². The number of esters is 1. The quantitative estimate of drug-likeness (QED) is 0.228. The summed E-state index contributed by atoms with van der Waals surface area (Å²) in [6.07, 6.45) is 18.2. The molecule has 0 rings (SSSR count). The molecule has 0 amide bonds. The van der Waals surface area contributed by atoms with E-state index in [9.17, 15) is 4.79 Å². The van der Waals surface area contributed by atoms with Gasteiger partial charge in [-0.25, -0.2) is 0 Å². The van der Waals surface area contributed by atoms with Crippen molar-refractivity contribution >= 4 is 5.97 Å². The molecule has 0 bridgehead atoms. The van der Waals surface area contributed by atoms with E-state index in [1.54, 1.807) is 0 Å². The van der Waals surface area contributed by atoms with Gasteiger partial charge in [0, 0.05) is 6.42 Å². The van der Waals surface area contributed by atoms with Gasteiger partial charge in [0.25, 0.3) is 0 Å². The fourth-order valence-corrected chi connectivity index (χ4v) is 2.14. The van der Waals surface area contributed by atoms with Crippen LogP contribution in [0.15, 0.2) is 12.2 Å². The van der Waals surface area contributed by atoms with Gasteiger partial charge < -0.3 is 4.74 Å². The van der Waals surface area contributed by atoms with Crippen molar-refractivity contribution in [3.05, 3.63) is 12.2 Å². The number of ether oxygens (including phenoxy) is 1. The van der Waals surface area contributed by atoms with Crippen molar-refractivity contribution in [3.8, 4) is 0 Å². The van der Waals surface area contributed by atoms with Crippen LogP contribution in [-0.2, 0) is 9.53 Å². The van der Waals surface area contributed by atoms with E-state index in [4.69, 9.17) is 4.74 Å². The first-order chi connectivity index (χ1) is 9.81. The summed E-state index contributed by atoms with van der Waals surface area (Å²) in [7, 11) is 0. The molecular formula is C18H34O2. The molecule has 0 radical (unpaired) electrons. The number of carbonyl (C=O) groups is 1. The monoisotopic (exact) mass is 282 g/mol. The summed E-state index contributed by atoms with van der Waals surface area (Å²) in [5.41, 5.74) is 0. The molecule has 0 spiro atoms. The molecule has 0 fully saturated rings. The van der Waals surface area contributed by atoms with Crippen molar-refractivity contribution in [2.75, 3.05) is 6.61 Å². The van der Waals surface area contributed by atoms with E-state index in [0.29, 0.717) is 13.0 Å². The van der Waals surface area contributed by atoms with Gasteiger partial charge in [0.1, 0.15) is 6.61 Å². The van der Waals surface area contributed by atoms with E-state index in [0.717, 1.165) is 19.3 Å². The number of rotatable bonds is 14. The molecule has 20 heavy (non-hydrogen) atoms. The summed E-state index contributed by atoms with van der Waals surface area (Å²) in [5.74, 6) is -0.0453. The van der Waals surface area contributed by atoms with Gasteiger partial charge >= 0.3 is 5.97 Å². The number of hydrogen-bond donors (Lipinski definition) is 0. The second-order valence-corrected chi connectivity index (χ2v) is 5.52. The highest BCUT2D eigenvalue weighted by Crippen LogP contribution is 2.07. The minimum atomic E-state index is -0.0453. The van der Waals surface area contributed by atoms with Gasteiger partial charge in [-0.2, -0.15) is 0 Å². The molecule has 0 unspecified atom stereocenters. The lowest BCUT2D eigenvalue weighted by Gasteiger charge is -2.02. The molecule has 0 heterocycles.